The lowest BCUT2D eigenvalue weighted by molar-refractivity contribution is 0.420. The molecule has 0 N–H and O–H groups in total. The van der Waals surface area contributed by atoms with Crippen molar-refractivity contribution in [3.05, 3.63) is 52.8 Å². The van der Waals surface area contributed by atoms with Crippen LogP contribution in [-0.4, -0.2) is 17.1 Å². The Labute approximate surface area is 128 Å². The van der Waals surface area contributed by atoms with E-state index in [1.165, 1.54) is 0 Å². The lowest BCUT2D eigenvalue weighted by Gasteiger charge is -2.11. The lowest BCUT2D eigenvalue weighted by atomic mass is 10.0. The molecule has 3 rings (SSSR count). The van der Waals surface area contributed by atoms with E-state index in [1.54, 1.807) is 7.11 Å². The van der Waals surface area contributed by atoms with Crippen molar-refractivity contribution in [1.29, 1.82) is 0 Å². The molecule has 0 unspecified atom stereocenters. The molecule has 0 saturated heterocycles. The van der Waals surface area contributed by atoms with E-state index in [0.717, 1.165) is 33.3 Å². The summed E-state index contributed by atoms with van der Waals surface area (Å²) in [5, 5.41) is 2.59. The van der Waals surface area contributed by atoms with Crippen LogP contribution in [0.4, 0.5) is 0 Å². The molecule has 3 aromatic rings. The highest BCUT2D eigenvalue weighted by Crippen LogP contribution is 2.33. The second-order valence-electron chi connectivity index (χ2n) is 4.91. The molecule has 0 atom stereocenters. The van der Waals surface area contributed by atoms with Crippen molar-refractivity contribution >= 4 is 22.4 Å². The third-order valence-corrected chi connectivity index (χ3v) is 4.04. The van der Waals surface area contributed by atoms with Crippen molar-refractivity contribution in [2.24, 2.45) is 0 Å². The summed E-state index contributed by atoms with van der Waals surface area (Å²) in [5.74, 6) is 1.48. The predicted octanol–water partition coefficient (Wildman–Crippen LogP) is 4.58. The highest BCUT2D eigenvalue weighted by Gasteiger charge is 2.12. The van der Waals surface area contributed by atoms with E-state index < -0.39 is 0 Å². The predicted molar refractivity (Wildman–Crippen MR) is 86.0 cm³/mol. The largest absolute Gasteiger partial charge is 0.496 e. The first-order valence-electron chi connectivity index (χ1n) is 6.68. The highest BCUT2D eigenvalue weighted by atomic mass is 35.5. The van der Waals surface area contributed by atoms with Crippen LogP contribution in [0.3, 0.4) is 0 Å². The van der Waals surface area contributed by atoms with E-state index in [4.69, 9.17) is 16.3 Å². The van der Waals surface area contributed by atoms with Gasteiger partial charge in [0.15, 0.2) is 5.82 Å². The topological polar surface area (TPSA) is 35.0 Å². The summed E-state index contributed by atoms with van der Waals surface area (Å²) in [6.07, 6.45) is 0. The Morgan fingerprint density at radius 1 is 0.952 bits per heavy atom. The highest BCUT2D eigenvalue weighted by molar-refractivity contribution is 6.30. The Kier molecular flexibility index (Phi) is 3.52. The molecular formula is C17H15ClN2O. The van der Waals surface area contributed by atoms with Crippen LogP contribution in [0.15, 0.2) is 36.4 Å². The molecule has 1 aromatic heterocycles. The first-order valence-corrected chi connectivity index (χ1v) is 7.06. The van der Waals surface area contributed by atoms with Crippen LogP contribution < -0.4 is 4.74 Å². The molecule has 21 heavy (non-hydrogen) atoms. The Morgan fingerprint density at radius 2 is 1.67 bits per heavy atom. The molecule has 1 heterocycles. The third-order valence-electron chi connectivity index (χ3n) is 3.67. The number of hydrogen-bond acceptors (Lipinski definition) is 3. The number of halogens is 1. The molecule has 0 aliphatic heterocycles. The van der Waals surface area contributed by atoms with Crippen molar-refractivity contribution in [3.63, 3.8) is 0 Å². The Hall–Kier alpha value is -2.13. The first-order chi connectivity index (χ1) is 10.1. The summed E-state index contributed by atoms with van der Waals surface area (Å²) >= 11 is 6.20. The molecule has 106 valence electrons. The Balaban J connectivity index is 2.31. The van der Waals surface area contributed by atoms with Crippen LogP contribution in [-0.2, 0) is 0 Å². The van der Waals surface area contributed by atoms with Gasteiger partial charge in [-0.05, 0) is 31.4 Å². The van der Waals surface area contributed by atoms with Gasteiger partial charge in [0.1, 0.15) is 10.9 Å². The van der Waals surface area contributed by atoms with Crippen LogP contribution in [0.2, 0.25) is 5.15 Å². The molecule has 0 aliphatic carbocycles. The number of aryl methyl sites for hydroxylation is 1. The number of ether oxygens (including phenoxy) is 1. The minimum atomic E-state index is 0.498. The Bertz CT molecular complexity index is 807. The van der Waals surface area contributed by atoms with Gasteiger partial charge in [-0.15, -0.1) is 0 Å². The van der Waals surface area contributed by atoms with Crippen molar-refractivity contribution in [3.8, 4) is 17.1 Å². The molecule has 0 amide bonds. The van der Waals surface area contributed by atoms with E-state index in [-0.39, 0.29) is 0 Å². The second kappa shape index (κ2) is 5.34. The molecule has 0 spiro atoms. The van der Waals surface area contributed by atoms with E-state index in [2.05, 4.69) is 9.97 Å². The van der Waals surface area contributed by atoms with Gasteiger partial charge in [0, 0.05) is 22.2 Å². The van der Waals surface area contributed by atoms with E-state index in [0.29, 0.717) is 11.0 Å². The maximum Gasteiger partial charge on any atom is 0.161 e. The molecule has 4 heteroatoms. The zero-order valence-corrected chi connectivity index (χ0v) is 12.9. The van der Waals surface area contributed by atoms with Crippen molar-refractivity contribution in [2.45, 2.75) is 13.8 Å². The summed E-state index contributed by atoms with van der Waals surface area (Å²) in [6.45, 7) is 3.87. The van der Waals surface area contributed by atoms with Gasteiger partial charge in [0.05, 0.1) is 7.11 Å². The van der Waals surface area contributed by atoms with Crippen LogP contribution in [0.25, 0.3) is 22.2 Å². The molecule has 2 aromatic carbocycles. The maximum absolute atomic E-state index is 6.20. The zero-order chi connectivity index (χ0) is 15.0. The smallest absolute Gasteiger partial charge is 0.161 e. The van der Waals surface area contributed by atoms with Crippen molar-refractivity contribution < 1.29 is 4.74 Å². The van der Waals surface area contributed by atoms with Crippen LogP contribution in [0, 0.1) is 13.8 Å². The first kappa shape index (κ1) is 13.8. The molecule has 3 nitrogen and oxygen atoms in total. The zero-order valence-electron chi connectivity index (χ0n) is 12.1. The number of hydrogen-bond donors (Lipinski definition) is 0. The summed E-state index contributed by atoms with van der Waals surface area (Å²) in [6, 6.07) is 12.0. The molecule has 0 fully saturated rings. The van der Waals surface area contributed by atoms with Crippen LogP contribution >= 0.6 is 11.6 Å². The van der Waals surface area contributed by atoms with Crippen molar-refractivity contribution in [2.75, 3.05) is 7.11 Å². The summed E-state index contributed by atoms with van der Waals surface area (Å²) in [7, 11) is 1.67. The summed E-state index contributed by atoms with van der Waals surface area (Å²) < 4.78 is 5.42. The normalized spacial score (nSPS) is 10.9. The Morgan fingerprint density at radius 3 is 2.33 bits per heavy atom. The quantitative estimate of drug-likeness (QED) is 0.650. The van der Waals surface area contributed by atoms with Gasteiger partial charge in [-0.3, -0.25) is 0 Å². The monoisotopic (exact) mass is 298 g/mol. The average Bonchev–Trinajstić information content (AvgIpc) is 2.51. The van der Waals surface area contributed by atoms with Crippen LogP contribution in [0.5, 0.6) is 5.75 Å². The standard InChI is InChI=1S/C17H15ClN2O/c1-10-11(2)19-17(20-16(10)18)14-8-9-15(21-3)13-7-5-4-6-12(13)14/h4-9H,1-3H3. The molecular weight excluding hydrogens is 284 g/mol. The minimum absolute atomic E-state index is 0.498. The van der Waals surface area contributed by atoms with E-state index >= 15 is 0 Å². The van der Waals surface area contributed by atoms with E-state index in [1.807, 2.05) is 50.2 Å². The van der Waals surface area contributed by atoms with Crippen LogP contribution in [0.1, 0.15) is 11.3 Å². The fourth-order valence-electron chi connectivity index (χ4n) is 2.36. The fraction of sp³-hybridized carbons (Fsp3) is 0.176. The maximum atomic E-state index is 6.20. The van der Waals surface area contributed by atoms with Gasteiger partial charge in [-0.25, -0.2) is 9.97 Å². The van der Waals surface area contributed by atoms with Crippen molar-refractivity contribution in [1.82, 2.24) is 9.97 Å². The van der Waals surface area contributed by atoms with E-state index in [9.17, 15) is 0 Å². The van der Waals surface area contributed by atoms with Gasteiger partial charge in [0.25, 0.3) is 0 Å². The average molecular weight is 299 g/mol. The number of nitrogens with zero attached hydrogens (tertiary/aromatic N) is 2. The van der Waals surface area contributed by atoms with Gasteiger partial charge in [0.2, 0.25) is 0 Å². The molecule has 0 bridgehead atoms. The number of benzene rings is 2. The summed E-state index contributed by atoms with van der Waals surface area (Å²) in [5.41, 5.74) is 2.76. The number of rotatable bonds is 2. The summed E-state index contributed by atoms with van der Waals surface area (Å²) in [4.78, 5) is 9.00. The van der Waals surface area contributed by atoms with Gasteiger partial charge in [-0.2, -0.15) is 0 Å². The van der Waals surface area contributed by atoms with Gasteiger partial charge in [-0.1, -0.05) is 35.9 Å². The molecule has 0 radical (unpaired) electrons. The SMILES string of the molecule is COc1ccc(-c2nc(C)c(C)c(Cl)n2)c2ccccc12. The third kappa shape index (κ3) is 2.34. The minimum Gasteiger partial charge on any atom is -0.496 e. The number of aromatic nitrogens is 2. The lowest BCUT2D eigenvalue weighted by Crippen LogP contribution is -1.97. The fourth-order valence-corrected chi connectivity index (χ4v) is 2.58. The molecule has 0 aliphatic rings. The number of methoxy groups -OCH3 is 1. The second-order valence-corrected chi connectivity index (χ2v) is 5.27. The van der Waals surface area contributed by atoms with Gasteiger partial charge >= 0.3 is 0 Å². The number of fused-ring (bicyclic) bond motifs is 1. The molecule has 0 saturated carbocycles. The van der Waals surface area contributed by atoms with Gasteiger partial charge < -0.3 is 4.74 Å².